The highest BCUT2D eigenvalue weighted by atomic mass is 16.6. The maximum absolute atomic E-state index is 13.8. The van der Waals surface area contributed by atoms with Crippen molar-refractivity contribution in [3.63, 3.8) is 0 Å². The Labute approximate surface area is 332 Å². The predicted octanol–water partition coefficient (Wildman–Crippen LogP) is 6.22. The average molecular weight is 783 g/mol. The first-order valence-corrected chi connectivity index (χ1v) is 19.1. The van der Waals surface area contributed by atoms with E-state index in [1.165, 1.54) is 30.9 Å². The molecule has 1 fully saturated rings. The molecule has 1 saturated heterocycles. The van der Waals surface area contributed by atoms with E-state index >= 15 is 0 Å². The Balaban J connectivity index is 0.000000478. The molecule has 3 rings (SSSR count). The van der Waals surface area contributed by atoms with Crippen molar-refractivity contribution < 1.29 is 48.1 Å². The minimum Gasteiger partial charge on any atom is -0.480 e. The van der Waals surface area contributed by atoms with E-state index in [-0.39, 0.29) is 37.4 Å². The number of amides is 4. The largest absolute Gasteiger partial charge is 0.480 e. The molecule has 0 aliphatic carbocycles. The number of aliphatic carboxylic acids is 1. The number of nitrogens with zero attached hydrogens (tertiary/aromatic N) is 4. The molecule has 0 bridgehead atoms. The van der Waals surface area contributed by atoms with Crippen LogP contribution < -0.4 is 0 Å². The summed E-state index contributed by atoms with van der Waals surface area (Å²) in [5, 5.41) is 9.10. The highest BCUT2D eigenvalue weighted by molar-refractivity contribution is 5.93. The summed E-state index contributed by atoms with van der Waals surface area (Å²) in [6, 6.07) is 15.7. The molecular weight excluding hydrogens is 720 g/mol. The standard InChI is InChI=1S/C28H43N3O6.C14H19NO4/c1-20(2)24(30(7)27(35)36-19-21-14-10-8-11-15-21)26(34)29(6)22(18-23(32)37-28(3,4)5)25(33)31-16-12-9-13-17-31;1-10(2)12(13(16)17)15(3)14(18)19-9-11-7-5-4-6-8-11/h8,10-11,14-15,20,22,24H,9,12-13,16-19H2,1-7H3;4-8,10,12H,9H2,1-3H3,(H,16,17)/t22-,24-;12-/m00/s1. The minimum atomic E-state index is -1.03. The zero-order valence-electron chi connectivity index (χ0n) is 34.7. The van der Waals surface area contributed by atoms with Crippen LogP contribution >= 0.6 is 0 Å². The molecule has 14 nitrogen and oxygen atoms in total. The fraction of sp³-hybridized carbons (Fsp3) is 0.571. The number of esters is 1. The summed E-state index contributed by atoms with van der Waals surface area (Å²) in [7, 11) is 4.46. The summed E-state index contributed by atoms with van der Waals surface area (Å²) in [4.78, 5) is 81.2. The third-order valence-electron chi connectivity index (χ3n) is 9.14. The van der Waals surface area contributed by atoms with Gasteiger partial charge in [-0.1, -0.05) is 88.4 Å². The van der Waals surface area contributed by atoms with Gasteiger partial charge in [0.25, 0.3) is 0 Å². The number of likely N-dealkylation sites (tertiary alicyclic amines) is 1. The predicted molar refractivity (Wildman–Crippen MR) is 211 cm³/mol. The Hall–Kier alpha value is -5.14. The van der Waals surface area contributed by atoms with Gasteiger partial charge in [0, 0.05) is 34.2 Å². The number of piperidine rings is 1. The lowest BCUT2D eigenvalue weighted by Crippen LogP contribution is -2.57. The van der Waals surface area contributed by atoms with Crippen molar-refractivity contribution in [1.29, 1.82) is 0 Å². The number of likely N-dealkylation sites (N-methyl/N-ethyl adjacent to an activating group) is 3. The number of carbonyl (C=O) groups is 6. The minimum absolute atomic E-state index is 0.0770. The summed E-state index contributed by atoms with van der Waals surface area (Å²) in [5.74, 6) is -2.76. The molecule has 0 spiro atoms. The van der Waals surface area contributed by atoms with Gasteiger partial charge in [-0.2, -0.15) is 0 Å². The highest BCUT2D eigenvalue weighted by Crippen LogP contribution is 2.21. The maximum atomic E-state index is 13.8. The normalized spacial score (nSPS) is 14.3. The number of hydrogen-bond donors (Lipinski definition) is 1. The number of rotatable bonds is 14. The molecule has 1 heterocycles. The lowest BCUT2D eigenvalue weighted by molar-refractivity contribution is -0.161. The van der Waals surface area contributed by atoms with Crippen LogP contribution in [-0.4, -0.2) is 119 Å². The first-order valence-electron chi connectivity index (χ1n) is 19.1. The van der Waals surface area contributed by atoms with Gasteiger partial charge in [0.2, 0.25) is 11.8 Å². The molecule has 3 atom stereocenters. The van der Waals surface area contributed by atoms with Crippen LogP contribution in [0.1, 0.15) is 85.3 Å². The van der Waals surface area contributed by atoms with E-state index in [4.69, 9.17) is 19.3 Å². The van der Waals surface area contributed by atoms with E-state index in [0.29, 0.717) is 13.1 Å². The summed E-state index contributed by atoms with van der Waals surface area (Å²) in [5.41, 5.74) is 0.973. The number of carboxylic acids is 1. The van der Waals surface area contributed by atoms with Crippen LogP contribution in [0.3, 0.4) is 0 Å². The zero-order valence-corrected chi connectivity index (χ0v) is 34.7. The molecule has 0 aromatic heterocycles. The Morgan fingerprint density at radius 2 is 1.11 bits per heavy atom. The van der Waals surface area contributed by atoms with Crippen LogP contribution in [0.4, 0.5) is 9.59 Å². The molecule has 2 aromatic rings. The molecule has 1 N–H and O–H groups in total. The lowest BCUT2D eigenvalue weighted by Gasteiger charge is -2.38. The molecule has 0 saturated carbocycles. The van der Waals surface area contributed by atoms with Gasteiger partial charge in [-0.3, -0.25) is 24.2 Å². The second-order valence-corrected chi connectivity index (χ2v) is 15.7. The maximum Gasteiger partial charge on any atom is 0.410 e. The second-order valence-electron chi connectivity index (χ2n) is 15.7. The SMILES string of the molecule is CC(C)[C@@H](C(=O)N(C)[C@@H](CC(=O)OC(C)(C)C)C(=O)N1CCCCC1)N(C)C(=O)OCc1ccccc1.CC(C)[C@@H](C(=O)O)N(C)C(=O)OCc1ccccc1. The van der Waals surface area contributed by atoms with Gasteiger partial charge in [0.1, 0.15) is 36.9 Å². The third-order valence-corrected chi connectivity index (χ3v) is 9.14. The quantitative estimate of drug-likeness (QED) is 0.172. The topological polar surface area (TPSA) is 163 Å². The van der Waals surface area contributed by atoms with Crippen molar-refractivity contribution in [2.75, 3.05) is 34.2 Å². The first-order chi connectivity index (χ1) is 26.2. The van der Waals surface area contributed by atoms with Crippen molar-refractivity contribution in [1.82, 2.24) is 19.6 Å². The fourth-order valence-electron chi connectivity index (χ4n) is 6.28. The van der Waals surface area contributed by atoms with Gasteiger partial charge in [-0.15, -0.1) is 0 Å². The van der Waals surface area contributed by atoms with Crippen LogP contribution in [0.15, 0.2) is 60.7 Å². The van der Waals surface area contributed by atoms with Gasteiger partial charge < -0.3 is 29.1 Å². The van der Waals surface area contributed by atoms with Crippen molar-refractivity contribution in [3.8, 4) is 0 Å². The van der Waals surface area contributed by atoms with Crippen molar-refractivity contribution in [2.45, 2.75) is 111 Å². The summed E-state index contributed by atoms with van der Waals surface area (Å²) in [6.45, 7) is 13.8. The van der Waals surface area contributed by atoms with E-state index in [1.807, 2.05) is 74.5 Å². The van der Waals surface area contributed by atoms with Crippen LogP contribution in [0.2, 0.25) is 0 Å². The van der Waals surface area contributed by atoms with Gasteiger partial charge in [-0.05, 0) is 63.0 Å². The average Bonchev–Trinajstić information content (AvgIpc) is 3.14. The number of ether oxygens (including phenoxy) is 3. The van der Waals surface area contributed by atoms with Crippen LogP contribution in [0, 0.1) is 11.8 Å². The highest BCUT2D eigenvalue weighted by Gasteiger charge is 2.40. The summed E-state index contributed by atoms with van der Waals surface area (Å²) in [6.07, 6.45) is 1.27. The Morgan fingerprint density at radius 1 is 0.679 bits per heavy atom. The number of carboxylic acid groups (broad SMARTS) is 1. The molecule has 1 aliphatic rings. The first kappa shape index (κ1) is 47.0. The molecule has 310 valence electrons. The summed E-state index contributed by atoms with van der Waals surface area (Å²) < 4.78 is 16.0. The van der Waals surface area contributed by atoms with E-state index in [2.05, 4.69) is 0 Å². The van der Waals surface area contributed by atoms with Gasteiger partial charge >= 0.3 is 24.1 Å². The molecular formula is C42H62N4O10. The molecule has 56 heavy (non-hydrogen) atoms. The van der Waals surface area contributed by atoms with Crippen LogP contribution in [0.5, 0.6) is 0 Å². The Morgan fingerprint density at radius 3 is 1.50 bits per heavy atom. The fourth-order valence-corrected chi connectivity index (χ4v) is 6.28. The molecule has 1 aliphatic heterocycles. The number of hydrogen-bond acceptors (Lipinski definition) is 9. The third kappa shape index (κ3) is 15.2. The molecule has 4 amide bonds. The monoisotopic (exact) mass is 782 g/mol. The van der Waals surface area contributed by atoms with Gasteiger partial charge in [-0.25, -0.2) is 14.4 Å². The van der Waals surface area contributed by atoms with Crippen molar-refractivity contribution in [2.24, 2.45) is 11.8 Å². The molecule has 2 aromatic carbocycles. The van der Waals surface area contributed by atoms with E-state index < -0.39 is 53.8 Å². The Kier molecular flexibility index (Phi) is 18.8. The number of benzene rings is 2. The Bertz CT molecular complexity index is 1570. The van der Waals surface area contributed by atoms with E-state index in [1.54, 1.807) is 39.5 Å². The smallest absolute Gasteiger partial charge is 0.410 e. The lowest BCUT2D eigenvalue weighted by atomic mass is 9.99. The molecule has 0 radical (unpaired) electrons. The van der Waals surface area contributed by atoms with Crippen LogP contribution in [-0.2, 0) is 46.6 Å². The van der Waals surface area contributed by atoms with Gasteiger partial charge in [0.15, 0.2) is 0 Å². The zero-order chi connectivity index (χ0) is 42.2. The summed E-state index contributed by atoms with van der Waals surface area (Å²) >= 11 is 0. The van der Waals surface area contributed by atoms with E-state index in [9.17, 15) is 28.8 Å². The molecule has 0 unspecified atom stereocenters. The second kappa shape index (κ2) is 22.4. The van der Waals surface area contributed by atoms with Crippen LogP contribution in [0.25, 0.3) is 0 Å². The van der Waals surface area contributed by atoms with Crippen molar-refractivity contribution in [3.05, 3.63) is 71.8 Å². The number of carbonyl (C=O) groups excluding carboxylic acids is 5. The van der Waals surface area contributed by atoms with Gasteiger partial charge in [0.05, 0.1) is 6.42 Å². The molecule has 14 heteroatoms. The van der Waals surface area contributed by atoms with Crippen molar-refractivity contribution >= 4 is 35.9 Å². The van der Waals surface area contributed by atoms with E-state index in [0.717, 1.165) is 35.3 Å².